The van der Waals surface area contributed by atoms with Crippen LogP contribution in [0.3, 0.4) is 0 Å². The van der Waals surface area contributed by atoms with Crippen molar-refractivity contribution in [2.75, 3.05) is 57.9 Å². The summed E-state index contributed by atoms with van der Waals surface area (Å²) in [6.45, 7) is 9.10. The molecule has 2 aromatic rings. The summed E-state index contributed by atoms with van der Waals surface area (Å²) in [5.41, 5.74) is 2.28. The molecule has 2 aromatic carbocycles. The summed E-state index contributed by atoms with van der Waals surface area (Å²) in [6, 6.07) is 14.3. The van der Waals surface area contributed by atoms with E-state index in [2.05, 4.69) is 48.3 Å². The van der Waals surface area contributed by atoms with Crippen LogP contribution in [0, 0.1) is 5.92 Å². The van der Waals surface area contributed by atoms with E-state index in [4.69, 9.17) is 14.2 Å². The van der Waals surface area contributed by atoms with E-state index in [1.807, 2.05) is 23.1 Å². The average molecular weight is 454 g/mol. The van der Waals surface area contributed by atoms with Gasteiger partial charge in [-0.2, -0.15) is 0 Å². The molecule has 7 nitrogen and oxygen atoms in total. The van der Waals surface area contributed by atoms with Crippen molar-refractivity contribution in [3.63, 3.8) is 0 Å². The molecule has 0 aromatic heterocycles. The Hall–Kier alpha value is -2.93. The van der Waals surface area contributed by atoms with Crippen LogP contribution in [0.1, 0.15) is 31.9 Å². The Morgan fingerprint density at radius 1 is 1.00 bits per heavy atom. The van der Waals surface area contributed by atoms with Gasteiger partial charge < -0.3 is 29.3 Å². The van der Waals surface area contributed by atoms with Gasteiger partial charge in [-0.05, 0) is 47.9 Å². The number of benzene rings is 2. The number of methoxy groups -OCH3 is 1. The van der Waals surface area contributed by atoms with Crippen LogP contribution in [0.5, 0.6) is 17.2 Å². The SMILES string of the molecule is COc1ccc(N2CCN(C(=O)CN[C@@H](c3ccc4c(c3)OCCCO4)C(C)C)CC2)cc1. The van der Waals surface area contributed by atoms with Crippen molar-refractivity contribution in [1.82, 2.24) is 10.2 Å². The number of nitrogens with zero attached hydrogens (tertiary/aromatic N) is 2. The fourth-order valence-electron chi connectivity index (χ4n) is 4.43. The molecule has 1 fully saturated rings. The summed E-state index contributed by atoms with van der Waals surface area (Å²) in [6.07, 6.45) is 0.885. The fraction of sp³-hybridized carbons (Fsp3) is 0.500. The summed E-state index contributed by atoms with van der Waals surface area (Å²) < 4.78 is 16.9. The van der Waals surface area contributed by atoms with E-state index in [1.165, 1.54) is 0 Å². The number of hydrogen-bond acceptors (Lipinski definition) is 6. The van der Waals surface area contributed by atoms with E-state index in [9.17, 15) is 4.79 Å². The standard InChI is InChI=1S/C26H35N3O4/c1-19(2)26(20-5-10-23-24(17-20)33-16-4-15-32-23)27-18-25(30)29-13-11-28(12-14-29)21-6-8-22(31-3)9-7-21/h5-10,17,19,26-27H,4,11-16,18H2,1-3H3/t26-/m1/s1. The molecule has 2 aliphatic heterocycles. The Morgan fingerprint density at radius 2 is 1.70 bits per heavy atom. The topological polar surface area (TPSA) is 63.3 Å². The van der Waals surface area contributed by atoms with E-state index in [0.29, 0.717) is 25.7 Å². The number of anilines is 1. The maximum Gasteiger partial charge on any atom is 0.236 e. The molecule has 0 bridgehead atoms. The number of rotatable bonds is 7. The quantitative estimate of drug-likeness (QED) is 0.693. The first-order valence-corrected chi connectivity index (χ1v) is 11.8. The lowest BCUT2D eigenvalue weighted by Gasteiger charge is -2.36. The number of nitrogens with one attached hydrogen (secondary N) is 1. The van der Waals surface area contributed by atoms with E-state index in [-0.39, 0.29) is 11.9 Å². The minimum atomic E-state index is 0.0618. The van der Waals surface area contributed by atoms with Crippen LogP contribution in [0.2, 0.25) is 0 Å². The van der Waals surface area contributed by atoms with Gasteiger partial charge in [-0.1, -0.05) is 19.9 Å². The number of hydrogen-bond donors (Lipinski definition) is 1. The van der Waals surface area contributed by atoms with E-state index < -0.39 is 0 Å². The Morgan fingerprint density at radius 3 is 2.36 bits per heavy atom. The van der Waals surface area contributed by atoms with Gasteiger partial charge in [0.1, 0.15) is 5.75 Å². The number of fused-ring (bicyclic) bond motifs is 1. The van der Waals surface area contributed by atoms with Gasteiger partial charge in [0.2, 0.25) is 5.91 Å². The molecular weight excluding hydrogens is 418 g/mol. The molecule has 0 spiro atoms. The Bertz CT molecular complexity index is 924. The minimum Gasteiger partial charge on any atom is -0.497 e. The summed E-state index contributed by atoms with van der Waals surface area (Å²) in [5, 5.41) is 3.50. The second kappa shape index (κ2) is 10.8. The van der Waals surface area contributed by atoms with Crippen LogP contribution in [-0.4, -0.2) is 63.9 Å². The van der Waals surface area contributed by atoms with Crippen molar-refractivity contribution in [2.45, 2.75) is 26.3 Å². The van der Waals surface area contributed by atoms with E-state index in [1.54, 1.807) is 7.11 Å². The van der Waals surface area contributed by atoms with Gasteiger partial charge in [-0.3, -0.25) is 4.79 Å². The van der Waals surface area contributed by atoms with E-state index >= 15 is 0 Å². The third-order valence-electron chi connectivity index (χ3n) is 6.34. The molecule has 0 saturated carbocycles. The highest BCUT2D eigenvalue weighted by Gasteiger charge is 2.24. The largest absolute Gasteiger partial charge is 0.497 e. The zero-order chi connectivity index (χ0) is 23.2. The normalized spacial score (nSPS) is 17.0. The molecule has 0 aliphatic carbocycles. The first-order valence-electron chi connectivity index (χ1n) is 11.8. The van der Waals surface area contributed by atoms with Crippen LogP contribution in [-0.2, 0) is 4.79 Å². The smallest absolute Gasteiger partial charge is 0.236 e. The van der Waals surface area contributed by atoms with Crippen LogP contribution in [0.15, 0.2) is 42.5 Å². The Balaban J connectivity index is 1.32. The molecule has 1 N–H and O–H groups in total. The van der Waals surface area contributed by atoms with Crippen molar-refractivity contribution in [3.05, 3.63) is 48.0 Å². The number of carbonyl (C=O) groups excluding carboxylic acids is 1. The molecular formula is C26H35N3O4. The maximum absolute atomic E-state index is 12.9. The molecule has 2 heterocycles. The van der Waals surface area contributed by atoms with Crippen molar-refractivity contribution in [1.29, 1.82) is 0 Å². The second-order valence-electron chi connectivity index (χ2n) is 8.93. The monoisotopic (exact) mass is 453 g/mol. The molecule has 1 atom stereocenters. The lowest BCUT2D eigenvalue weighted by molar-refractivity contribution is -0.130. The average Bonchev–Trinajstić information content (AvgIpc) is 3.09. The van der Waals surface area contributed by atoms with Crippen molar-refractivity contribution in [2.24, 2.45) is 5.92 Å². The lowest BCUT2D eigenvalue weighted by Crippen LogP contribution is -2.51. The number of ether oxygens (including phenoxy) is 3. The highest BCUT2D eigenvalue weighted by Crippen LogP contribution is 2.34. The summed E-state index contributed by atoms with van der Waals surface area (Å²) in [7, 11) is 1.67. The molecule has 2 aliphatic rings. The zero-order valence-electron chi connectivity index (χ0n) is 19.9. The minimum absolute atomic E-state index is 0.0618. The summed E-state index contributed by atoms with van der Waals surface area (Å²) in [5.74, 6) is 2.91. The summed E-state index contributed by atoms with van der Waals surface area (Å²) >= 11 is 0. The third kappa shape index (κ3) is 5.71. The predicted octanol–water partition coefficient (Wildman–Crippen LogP) is 3.49. The van der Waals surface area contributed by atoms with Gasteiger partial charge in [-0.25, -0.2) is 0 Å². The van der Waals surface area contributed by atoms with Gasteiger partial charge >= 0.3 is 0 Å². The maximum atomic E-state index is 12.9. The zero-order valence-corrected chi connectivity index (χ0v) is 19.9. The fourth-order valence-corrected chi connectivity index (χ4v) is 4.43. The van der Waals surface area contributed by atoms with Gasteiger partial charge in [0.25, 0.3) is 0 Å². The predicted molar refractivity (Wildman–Crippen MR) is 129 cm³/mol. The van der Waals surface area contributed by atoms with Crippen molar-refractivity contribution < 1.29 is 19.0 Å². The second-order valence-corrected chi connectivity index (χ2v) is 8.93. The Kier molecular flexibility index (Phi) is 7.60. The molecule has 1 amide bonds. The molecule has 0 unspecified atom stereocenters. The van der Waals surface area contributed by atoms with Gasteiger partial charge in [0, 0.05) is 44.3 Å². The number of piperazine rings is 1. The molecule has 1 saturated heterocycles. The van der Waals surface area contributed by atoms with Crippen molar-refractivity contribution in [3.8, 4) is 17.2 Å². The highest BCUT2D eigenvalue weighted by molar-refractivity contribution is 5.78. The number of carbonyl (C=O) groups is 1. The van der Waals surface area contributed by atoms with Gasteiger partial charge in [-0.15, -0.1) is 0 Å². The number of amides is 1. The molecule has 178 valence electrons. The summed E-state index contributed by atoms with van der Waals surface area (Å²) in [4.78, 5) is 17.2. The molecule has 4 rings (SSSR count). The first-order chi connectivity index (χ1) is 16.0. The first kappa shape index (κ1) is 23.2. The van der Waals surface area contributed by atoms with Crippen LogP contribution in [0.4, 0.5) is 5.69 Å². The molecule has 33 heavy (non-hydrogen) atoms. The van der Waals surface area contributed by atoms with Crippen LogP contribution >= 0.6 is 0 Å². The van der Waals surface area contributed by atoms with Gasteiger partial charge in [0.15, 0.2) is 11.5 Å². The van der Waals surface area contributed by atoms with Crippen LogP contribution in [0.25, 0.3) is 0 Å². The third-order valence-corrected chi connectivity index (χ3v) is 6.34. The van der Waals surface area contributed by atoms with Gasteiger partial charge in [0.05, 0.1) is 26.9 Å². The molecule has 0 radical (unpaired) electrons. The highest BCUT2D eigenvalue weighted by atomic mass is 16.5. The van der Waals surface area contributed by atoms with E-state index in [0.717, 1.165) is 61.1 Å². The van der Waals surface area contributed by atoms with Crippen molar-refractivity contribution >= 4 is 11.6 Å². The lowest BCUT2D eigenvalue weighted by atomic mass is 9.95. The molecule has 7 heteroatoms. The Labute approximate surface area is 196 Å². The van der Waals surface area contributed by atoms with Crippen LogP contribution < -0.4 is 24.4 Å².